The van der Waals surface area contributed by atoms with Gasteiger partial charge in [-0.25, -0.2) is 8.78 Å². The second-order valence-corrected chi connectivity index (χ2v) is 14.2. The minimum Gasteiger partial charge on any atom is -0.398 e. The number of hydrogen-bond acceptors (Lipinski definition) is 6. The van der Waals surface area contributed by atoms with E-state index in [0.717, 1.165) is 56.0 Å². The lowest BCUT2D eigenvalue weighted by Gasteiger charge is -2.34. The Morgan fingerprint density at radius 1 is 0.636 bits per heavy atom. The molecular formula is C42H44Cl2F2N6O3. The number of benzene rings is 4. The van der Waals surface area contributed by atoms with Crippen LogP contribution in [0.25, 0.3) is 12.2 Å². The van der Waals surface area contributed by atoms with Crippen LogP contribution in [0.4, 0.5) is 20.2 Å². The van der Waals surface area contributed by atoms with Crippen LogP contribution in [0.15, 0.2) is 97.1 Å². The first-order valence-electron chi connectivity index (χ1n) is 17.9. The highest BCUT2D eigenvalue weighted by molar-refractivity contribution is 6.31. The molecule has 3 amide bonds. The van der Waals surface area contributed by atoms with Crippen molar-refractivity contribution in [3.63, 3.8) is 0 Å². The van der Waals surface area contributed by atoms with Gasteiger partial charge in [0, 0.05) is 106 Å². The van der Waals surface area contributed by atoms with E-state index in [2.05, 4.69) is 15.1 Å². The first-order valence-corrected chi connectivity index (χ1v) is 18.7. The Morgan fingerprint density at radius 2 is 1.05 bits per heavy atom. The number of hydrogen-bond donors (Lipinski definition) is 2. The van der Waals surface area contributed by atoms with Gasteiger partial charge in [-0.2, -0.15) is 0 Å². The van der Waals surface area contributed by atoms with E-state index in [0.29, 0.717) is 53.2 Å². The van der Waals surface area contributed by atoms with Crippen molar-refractivity contribution in [1.29, 1.82) is 0 Å². The van der Waals surface area contributed by atoms with Crippen molar-refractivity contribution in [2.75, 3.05) is 63.4 Å². The zero-order valence-corrected chi connectivity index (χ0v) is 32.1. The van der Waals surface area contributed by atoms with Gasteiger partial charge in [-0.3, -0.25) is 24.2 Å². The van der Waals surface area contributed by atoms with Crippen molar-refractivity contribution < 1.29 is 23.2 Å². The number of piperazine rings is 2. The second kappa shape index (κ2) is 20.0. The summed E-state index contributed by atoms with van der Waals surface area (Å²) >= 11 is 11.9. The van der Waals surface area contributed by atoms with Crippen molar-refractivity contribution in [2.24, 2.45) is 0 Å². The Kier molecular flexibility index (Phi) is 15.0. The number of nitrogens with one attached hydrogen (secondary N) is 1. The third-order valence-corrected chi connectivity index (χ3v) is 9.66. The Hall–Kier alpha value is -5.07. The predicted octanol–water partition coefficient (Wildman–Crippen LogP) is 7.21. The molecule has 2 saturated heterocycles. The Balaban J connectivity index is 0.000000212. The first kappa shape index (κ1) is 41.1. The van der Waals surface area contributed by atoms with E-state index in [-0.39, 0.29) is 29.4 Å². The summed E-state index contributed by atoms with van der Waals surface area (Å²) in [5.74, 6) is -0.767. The summed E-state index contributed by atoms with van der Waals surface area (Å²) in [6.45, 7) is 8.62. The number of nitrogen functional groups attached to an aromatic ring is 1. The zero-order valence-electron chi connectivity index (χ0n) is 30.6. The van der Waals surface area contributed by atoms with Crippen LogP contribution in [0.5, 0.6) is 0 Å². The topological polar surface area (TPSA) is 102 Å². The summed E-state index contributed by atoms with van der Waals surface area (Å²) in [5, 5.41) is 3.80. The van der Waals surface area contributed by atoms with Gasteiger partial charge in [0.1, 0.15) is 11.6 Å². The molecule has 0 unspecified atom stereocenters. The molecule has 0 saturated carbocycles. The maximum atomic E-state index is 13.0. The number of nitrogens with zero attached hydrogens (tertiary/aromatic N) is 4. The summed E-state index contributed by atoms with van der Waals surface area (Å²) in [4.78, 5) is 44.4. The number of halogens is 4. The molecule has 13 heteroatoms. The van der Waals surface area contributed by atoms with Gasteiger partial charge >= 0.3 is 0 Å². The van der Waals surface area contributed by atoms with Crippen molar-refractivity contribution >= 4 is 64.5 Å². The molecule has 6 rings (SSSR count). The molecule has 0 bridgehead atoms. The van der Waals surface area contributed by atoms with E-state index >= 15 is 0 Å². The maximum Gasteiger partial charge on any atom is 0.246 e. The molecule has 2 aliphatic heterocycles. The molecule has 2 fully saturated rings. The number of carbonyl (C=O) groups excluding carboxylic acids is 3. The van der Waals surface area contributed by atoms with Crippen LogP contribution in [0.1, 0.15) is 29.2 Å². The van der Waals surface area contributed by atoms with Crippen molar-refractivity contribution in [3.8, 4) is 0 Å². The van der Waals surface area contributed by atoms with Crippen LogP contribution in [0.2, 0.25) is 10.0 Å². The van der Waals surface area contributed by atoms with E-state index in [1.165, 1.54) is 37.3 Å². The number of rotatable bonds is 9. The van der Waals surface area contributed by atoms with Crippen LogP contribution < -0.4 is 11.1 Å². The van der Waals surface area contributed by atoms with E-state index in [1.807, 2.05) is 4.90 Å². The molecule has 0 aromatic heterocycles. The van der Waals surface area contributed by atoms with E-state index in [9.17, 15) is 23.2 Å². The summed E-state index contributed by atoms with van der Waals surface area (Å²) in [5.41, 5.74) is 10.6. The third kappa shape index (κ3) is 13.0. The minimum absolute atomic E-state index is 0.0271. The second-order valence-electron chi connectivity index (χ2n) is 13.3. The molecule has 0 spiro atoms. The minimum atomic E-state index is -0.238. The molecule has 0 aliphatic carbocycles. The Labute approximate surface area is 330 Å². The zero-order chi connectivity index (χ0) is 39.3. The van der Waals surface area contributed by atoms with Crippen LogP contribution in [0.3, 0.4) is 0 Å². The van der Waals surface area contributed by atoms with Crippen molar-refractivity contribution in [2.45, 2.75) is 20.0 Å². The third-order valence-electron chi connectivity index (χ3n) is 9.19. The number of carbonyl (C=O) groups is 3. The SMILES string of the molecule is CC(=O)Nc1cc(Cl)ccc1/C=C/C(=O)N1CCN(Cc2ccc(F)cc2)CC1.Nc1cc(Cl)ccc1/C=C/C(=O)N1CCN(Cc2ccc(F)cc2)CC1. The van der Waals surface area contributed by atoms with Gasteiger partial charge in [0.25, 0.3) is 0 Å². The molecule has 0 atom stereocenters. The van der Waals surface area contributed by atoms with E-state index in [1.54, 1.807) is 83.8 Å². The molecule has 288 valence electrons. The van der Waals surface area contributed by atoms with Crippen molar-refractivity contribution in [1.82, 2.24) is 19.6 Å². The lowest BCUT2D eigenvalue weighted by molar-refractivity contribution is -0.128. The molecule has 2 aliphatic rings. The highest BCUT2D eigenvalue weighted by Crippen LogP contribution is 2.23. The summed E-state index contributed by atoms with van der Waals surface area (Å²) in [7, 11) is 0. The van der Waals surface area contributed by atoms with Gasteiger partial charge in [-0.05, 0) is 82.9 Å². The average Bonchev–Trinajstić information content (AvgIpc) is 3.16. The lowest BCUT2D eigenvalue weighted by atomic mass is 10.1. The van der Waals surface area contributed by atoms with Gasteiger partial charge in [-0.1, -0.05) is 59.6 Å². The van der Waals surface area contributed by atoms with E-state index < -0.39 is 0 Å². The highest BCUT2D eigenvalue weighted by Gasteiger charge is 2.21. The summed E-state index contributed by atoms with van der Waals surface area (Å²) in [6, 6.07) is 23.4. The molecule has 9 nitrogen and oxygen atoms in total. The standard InChI is InChI=1S/C22H23ClFN3O2.C20H21ClFN3O/c1-16(28)25-21-14-19(23)6-4-18(21)5-9-22(29)27-12-10-26(11-13-27)15-17-2-7-20(24)8-3-17;21-17-5-3-16(19(23)13-17)4-8-20(26)25-11-9-24(10-12-25)14-15-1-6-18(22)7-2-15/h2-9,14H,10-13,15H2,1H3,(H,25,28);1-8,13H,9-12,14,23H2/b9-5+;8-4+. The number of anilines is 2. The molecule has 3 N–H and O–H groups in total. The quantitative estimate of drug-likeness (QED) is 0.137. The van der Waals surface area contributed by atoms with Crippen LogP contribution >= 0.6 is 23.2 Å². The highest BCUT2D eigenvalue weighted by atomic mass is 35.5. The Morgan fingerprint density at radius 3 is 1.49 bits per heavy atom. The van der Waals surface area contributed by atoms with Crippen LogP contribution in [-0.2, 0) is 27.5 Å². The van der Waals surface area contributed by atoms with Crippen molar-refractivity contribution in [3.05, 3.63) is 141 Å². The molecule has 55 heavy (non-hydrogen) atoms. The maximum absolute atomic E-state index is 13.0. The average molecular weight is 790 g/mol. The summed E-state index contributed by atoms with van der Waals surface area (Å²) < 4.78 is 26.0. The van der Waals surface area contributed by atoms with Crippen LogP contribution in [-0.4, -0.2) is 89.7 Å². The molecule has 4 aromatic rings. The number of nitrogens with two attached hydrogens (primary N) is 1. The fraction of sp³-hybridized carbons (Fsp3) is 0.262. The van der Waals surface area contributed by atoms with Gasteiger partial charge in [0.2, 0.25) is 17.7 Å². The fourth-order valence-electron chi connectivity index (χ4n) is 6.15. The molecule has 0 radical (unpaired) electrons. The Bertz CT molecular complexity index is 1990. The summed E-state index contributed by atoms with van der Waals surface area (Å²) in [6.07, 6.45) is 6.48. The molecule has 4 aromatic carbocycles. The van der Waals surface area contributed by atoms with Gasteiger partial charge in [-0.15, -0.1) is 0 Å². The largest absolute Gasteiger partial charge is 0.398 e. The van der Waals surface area contributed by atoms with Gasteiger partial charge < -0.3 is 20.9 Å². The molecular weight excluding hydrogens is 745 g/mol. The normalized spacial score (nSPS) is 15.2. The van der Waals surface area contributed by atoms with E-state index in [4.69, 9.17) is 28.9 Å². The lowest BCUT2D eigenvalue weighted by Crippen LogP contribution is -2.47. The number of amides is 3. The predicted molar refractivity (Wildman–Crippen MR) is 216 cm³/mol. The monoisotopic (exact) mass is 788 g/mol. The smallest absolute Gasteiger partial charge is 0.246 e. The first-order chi connectivity index (χ1) is 26.4. The molecule has 2 heterocycles. The van der Waals surface area contributed by atoms with Gasteiger partial charge in [0.15, 0.2) is 0 Å². The van der Waals surface area contributed by atoms with Crippen LogP contribution in [0, 0.1) is 11.6 Å². The van der Waals surface area contributed by atoms with Gasteiger partial charge in [0.05, 0.1) is 0 Å². The fourth-order valence-corrected chi connectivity index (χ4v) is 6.50.